The number of rotatable bonds is 39. The second kappa shape index (κ2) is 37.9. The van der Waals surface area contributed by atoms with E-state index in [0.29, 0.717) is 19.3 Å². The summed E-state index contributed by atoms with van der Waals surface area (Å²) >= 11 is 0. The largest absolute Gasteiger partial charge is 0.370 e. The van der Waals surface area contributed by atoms with Crippen LogP contribution in [0, 0.1) is 29.6 Å². The Labute approximate surface area is 460 Å². The van der Waals surface area contributed by atoms with Crippen molar-refractivity contribution in [2.75, 3.05) is 26.2 Å². The van der Waals surface area contributed by atoms with Crippen LogP contribution in [-0.2, 0) is 47.9 Å². The maximum atomic E-state index is 14.4. The third kappa shape index (κ3) is 31.4. The Balaban J connectivity index is 6.88. The molecule has 0 fully saturated rings. The van der Waals surface area contributed by atoms with Crippen molar-refractivity contribution in [1.82, 2.24) is 47.9 Å². The molecule has 0 saturated heterocycles. The number of guanidine groups is 2. The number of nitrogens with zero attached hydrogens (tertiary/aromatic N) is 2. The molecule has 0 aliphatic heterocycles. The van der Waals surface area contributed by atoms with Crippen molar-refractivity contribution in [1.29, 1.82) is 0 Å². The number of hydrogen-bond acceptors (Lipinski definition) is 13. The second-order valence-corrected chi connectivity index (χ2v) is 21.7. The average Bonchev–Trinajstić information content (AvgIpc) is 3.31. The molecular formula is C51H97N17O10. The quantitative estimate of drug-likeness (QED) is 0.0173. The van der Waals surface area contributed by atoms with Gasteiger partial charge in [0.1, 0.15) is 48.3 Å². The van der Waals surface area contributed by atoms with E-state index >= 15 is 0 Å². The molecule has 0 spiro atoms. The van der Waals surface area contributed by atoms with Crippen molar-refractivity contribution >= 4 is 71.0 Å². The van der Waals surface area contributed by atoms with Gasteiger partial charge in [0.2, 0.25) is 59.1 Å². The van der Waals surface area contributed by atoms with Gasteiger partial charge in [0, 0.05) is 20.0 Å². The van der Waals surface area contributed by atoms with Gasteiger partial charge < -0.3 is 82.3 Å². The highest BCUT2D eigenvalue weighted by molar-refractivity contribution is 5.98. The molecule has 0 heterocycles. The van der Waals surface area contributed by atoms with Gasteiger partial charge in [0.15, 0.2) is 11.9 Å². The summed E-state index contributed by atoms with van der Waals surface area (Å²) in [6, 6.07) is -9.41. The number of primary amides is 1. The molecule has 21 N–H and O–H groups in total. The minimum absolute atomic E-state index is 0.0371. The standard InChI is InChI=1S/C51H97N17O10/c1-27(2)22-36(61-32(11)69)45(74)65-38(24-29(5)6)47(76)67-39(25-30(7)8)48(77)66-37(23-28(3)4)46(75)63-35(18-15-21-59-51(56)57)44(73)68-41(31(9)10)49(78)64-34(16-12-13-19-52)43(72)62-33(17-14-20-58-50(54)55)42(71)60-26-40(53)70/h27-31,33-39,41H,12-26,52H2,1-11H3,(H2,53,70)(H,60,71)(H,61,69)(H,62,72)(H,63,75)(H,64,78)(H,65,74)(H,66,77)(H,67,76)(H,68,73)(H4,54,55,58)(H4,56,57,59)/t33-,34-,35-,36-,37-,38-,39-,41-/m0/s1. The Bertz CT molecular complexity index is 2010. The lowest BCUT2D eigenvalue weighted by molar-refractivity contribution is -0.136. The van der Waals surface area contributed by atoms with Gasteiger partial charge in [-0.05, 0) is 107 Å². The van der Waals surface area contributed by atoms with E-state index in [0.717, 1.165) is 0 Å². The molecule has 0 aromatic rings. The van der Waals surface area contributed by atoms with Crippen molar-refractivity contribution in [2.45, 2.75) is 195 Å². The monoisotopic (exact) mass is 1110 g/mol. The van der Waals surface area contributed by atoms with E-state index < -0.39 is 120 Å². The molecule has 0 saturated carbocycles. The summed E-state index contributed by atoms with van der Waals surface area (Å²) in [6.45, 7) is 19.5. The highest BCUT2D eigenvalue weighted by Crippen LogP contribution is 2.15. The van der Waals surface area contributed by atoms with E-state index in [9.17, 15) is 47.9 Å². The highest BCUT2D eigenvalue weighted by Gasteiger charge is 2.36. The van der Waals surface area contributed by atoms with Crippen molar-refractivity contribution in [2.24, 2.45) is 74.0 Å². The van der Waals surface area contributed by atoms with Crippen molar-refractivity contribution in [3.8, 4) is 0 Å². The van der Waals surface area contributed by atoms with Crippen LogP contribution in [0.5, 0.6) is 0 Å². The summed E-state index contributed by atoms with van der Waals surface area (Å²) in [5.41, 5.74) is 32.9. The van der Waals surface area contributed by atoms with E-state index in [4.69, 9.17) is 34.4 Å². The van der Waals surface area contributed by atoms with Crippen LogP contribution in [0.3, 0.4) is 0 Å². The third-order valence-electron chi connectivity index (χ3n) is 11.8. The Morgan fingerprint density at radius 2 is 0.692 bits per heavy atom. The second-order valence-electron chi connectivity index (χ2n) is 21.7. The summed E-state index contributed by atoms with van der Waals surface area (Å²) < 4.78 is 0. The molecule has 0 aromatic heterocycles. The minimum Gasteiger partial charge on any atom is -0.370 e. The zero-order valence-electron chi connectivity index (χ0n) is 48.1. The molecule has 0 radical (unpaired) electrons. The average molecular weight is 1110 g/mol. The molecule has 0 unspecified atom stereocenters. The normalized spacial score (nSPS) is 14.3. The zero-order valence-corrected chi connectivity index (χ0v) is 48.1. The lowest BCUT2D eigenvalue weighted by Crippen LogP contribution is -2.61. The van der Waals surface area contributed by atoms with Crippen LogP contribution in [-0.4, -0.2) is 146 Å². The molecule has 0 bridgehead atoms. The van der Waals surface area contributed by atoms with Gasteiger partial charge in [0.25, 0.3) is 0 Å². The Kier molecular flexibility index (Phi) is 34.6. The number of carbonyl (C=O) groups is 10. The number of aliphatic imine (C=N–C) groups is 2. The predicted octanol–water partition coefficient (Wildman–Crippen LogP) is -2.44. The molecule has 78 heavy (non-hydrogen) atoms. The van der Waals surface area contributed by atoms with Gasteiger partial charge in [-0.15, -0.1) is 0 Å². The molecule has 27 nitrogen and oxygen atoms in total. The Morgan fingerprint density at radius 1 is 0.385 bits per heavy atom. The minimum atomic E-state index is -1.32. The predicted molar refractivity (Wildman–Crippen MR) is 299 cm³/mol. The highest BCUT2D eigenvalue weighted by atomic mass is 16.2. The van der Waals surface area contributed by atoms with Gasteiger partial charge in [-0.25, -0.2) is 0 Å². The van der Waals surface area contributed by atoms with Crippen molar-refractivity contribution < 1.29 is 47.9 Å². The molecule has 0 rings (SSSR count). The number of nitrogens with two attached hydrogens (primary N) is 6. The van der Waals surface area contributed by atoms with Gasteiger partial charge in [-0.2, -0.15) is 0 Å². The number of unbranched alkanes of at least 4 members (excludes halogenated alkanes) is 1. The number of nitrogens with one attached hydrogen (secondary N) is 9. The first-order valence-electron chi connectivity index (χ1n) is 27.1. The molecule has 446 valence electrons. The van der Waals surface area contributed by atoms with E-state index in [1.54, 1.807) is 13.8 Å². The summed E-state index contributed by atoms with van der Waals surface area (Å²) in [6.07, 6.45) is 2.15. The summed E-state index contributed by atoms with van der Waals surface area (Å²) in [5.74, 6) is -8.16. The first-order valence-corrected chi connectivity index (χ1v) is 27.1. The summed E-state index contributed by atoms with van der Waals surface area (Å²) in [4.78, 5) is 143. The van der Waals surface area contributed by atoms with E-state index in [1.807, 2.05) is 55.4 Å². The van der Waals surface area contributed by atoms with Crippen molar-refractivity contribution in [3.05, 3.63) is 0 Å². The van der Waals surface area contributed by atoms with Gasteiger partial charge >= 0.3 is 0 Å². The fourth-order valence-electron chi connectivity index (χ4n) is 8.07. The molecule has 8 atom stereocenters. The first-order chi connectivity index (χ1) is 36.4. The Hall–Kier alpha value is -6.80. The van der Waals surface area contributed by atoms with Crippen molar-refractivity contribution in [3.63, 3.8) is 0 Å². The van der Waals surface area contributed by atoms with Crippen LogP contribution in [0.2, 0.25) is 0 Å². The van der Waals surface area contributed by atoms with Gasteiger partial charge in [0.05, 0.1) is 6.54 Å². The fourth-order valence-corrected chi connectivity index (χ4v) is 8.07. The molecule has 0 aromatic carbocycles. The summed E-state index contributed by atoms with van der Waals surface area (Å²) in [7, 11) is 0. The molecule has 10 amide bonds. The molecular weight excluding hydrogens is 1010 g/mol. The van der Waals surface area contributed by atoms with Crippen LogP contribution in [0.4, 0.5) is 0 Å². The number of carbonyl (C=O) groups excluding carboxylic acids is 10. The van der Waals surface area contributed by atoms with E-state index in [1.165, 1.54) is 6.92 Å². The van der Waals surface area contributed by atoms with Gasteiger partial charge in [-0.1, -0.05) is 69.2 Å². The number of hydrogen-bond donors (Lipinski definition) is 15. The smallest absolute Gasteiger partial charge is 0.243 e. The first kappa shape index (κ1) is 71.2. The fraction of sp³-hybridized carbons (Fsp3) is 0.765. The van der Waals surface area contributed by atoms with Crippen LogP contribution in [0.25, 0.3) is 0 Å². The zero-order chi connectivity index (χ0) is 59.8. The van der Waals surface area contributed by atoms with Crippen LogP contribution >= 0.6 is 0 Å². The third-order valence-corrected chi connectivity index (χ3v) is 11.8. The molecule has 0 aliphatic rings. The molecule has 27 heteroatoms. The maximum Gasteiger partial charge on any atom is 0.243 e. The number of amides is 10. The Morgan fingerprint density at radius 3 is 1.01 bits per heavy atom. The van der Waals surface area contributed by atoms with E-state index in [2.05, 4.69) is 57.8 Å². The van der Waals surface area contributed by atoms with Crippen LogP contribution in [0.15, 0.2) is 9.98 Å². The lowest BCUT2D eigenvalue weighted by atomic mass is 9.97. The van der Waals surface area contributed by atoms with Crippen LogP contribution < -0.4 is 82.3 Å². The lowest BCUT2D eigenvalue weighted by Gasteiger charge is -2.30. The summed E-state index contributed by atoms with van der Waals surface area (Å²) in [5, 5.41) is 24.2. The van der Waals surface area contributed by atoms with E-state index in [-0.39, 0.29) is 107 Å². The molecule has 0 aliphatic carbocycles. The van der Waals surface area contributed by atoms with Crippen LogP contribution in [0.1, 0.15) is 147 Å². The SMILES string of the molecule is CC(=O)N[C@@H](CC(C)C)C(=O)N[C@@H](CC(C)C)C(=O)N[C@@H](CC(C)C)C(=O)N[C@@H](CC(C)C)C(=O)N[C@@H](CCCN=C(N)N)C(=O)N[C@H](C(=O)N[C@@H](CCCCN)C(=O)N[C@@H](CCCN=C(N)N)C(=O)NCC(N)=O)C(C)C. The maximum absolute atomic E-state index is 14.4. The topological polar surface area (TPSA) is 460 Å². The van der Waals surface area contributed by atoms with Gasteiger partial charge in [-0.3, -0.25) is 57.9 Å².